The van der Waals surface area contributed by atoms with Crippen molar-refractivity contribution in [3.05, 3.63) is 35.9 Å². The maximum absolute atomic E-state index is 12.6. The molecule has 0 radical (unpaired) electrons. The van der Waals surface area contributed by atoms with Gasteiger partial charge in [0.25, 0.3) is 0 Å². The molecule has 1 saturated heterocycles. The topological polar surface area (TPSA) is 69.6 Å². The fourth-order valence-corrected chi connectivity index (χ4v) is 2.64. The van der Waals surface area contributed by atoms with Crippen LogP contribution in [0.15, 0.2) is 30.3 Å². The van der Waals surface area contributed by atoms with Crippen LogP contribution >= 0.6 is 0 Å². The molecule has 0 spiro atoms. The van der Waals surface area contributed by atoms with Crippen LogP contribution in [0.5, 0.6) is 0 Å². The summed E-state index contributed by atoms with van der Waals surface area (Å²) >= 11 is 0. The molecule has 1 heterocycles. The smallest absolute Gasteiger partial charge is 0.247 e. The number of hydrogen-bond donors (Lipinski definition) is 2. The zero-order valence-corrected chi connectivity index (χ0v) is 13.0. The Bertz CT molecular complexity index is 504. The molecule has 2 amide bonds. The number of piperidine rings is 1. The predicted octanol–water partition coefficient (Wildman–Crippen LogP) is 1.48. The van der Waals surface area contributed by atoms with Gasteiger partial charge in [0, 0.05) is 26.1 Å². The van der Waals surface area contributed by atoms with E-state index in [1.54, 1.807) is 4.90 Å². The second-order valence-corrected chi connectivity index (χ2v) is 5.89. The highest BCUT2D eigenvalue weighted by molar-refractivity contribution is 5.89. The third kappa shape index (κ3) is 4.07. The summed E-state index contributed by atoms with van der Waals surface area (Å²) in [5.74, 6) is -0.148. The third-order valence-electron chi connectivity index (χ3n) is 3.97. The molecule has 5 heteroatoms. The normalized spacial score (nSPS) is 17.9. The number of aliphatic hydroxyl groups excluding tert-OH is 1. The number of carbonyl (C=O) groups excluding carboxylic acids is 2. The third-order valence-corrected chi connectivity index (χ3v) is 3.97. The van der Waals surface area contributed by atoms with Gasteiger partial charge in [0.2, 0.25) is 11.8 Å². The molecule has 2 unspecified atom stereocenters. The first kappa shape index (κ1) is 16.5. The van der Waals surface area contributed by atoms with E-state index in [2.05, 4.69) is 5.32 Å². The summed E-state index contributed by atoms with van der Waals surface area (Å²) in [6.45, 7) is 2.91. The van der Waals surface area contributed by atoms with Gasteiger partial charge in [-0.15, -0.1) is 0 Å². The van der Waals surface area contributed by atoms with Gasteiger partial charge in [-0.1, -0.05) is 37.3 Å². The maximum atomic E-state index is 12.6. The quantitative estimate of drug-likeness (QED) is 0.836. The van der Waals surface area contributed by atoms with E-state index in [-0.39, 0.29) is 24.3 Å². The first-order valence-electron chi connectivity index (χ1n) is 7.86. The maximum Gasteiger partial charge on any atom is 0.247 e. The SMILES string of the molecule is CC(CO)CNC(=O)C(c1ccccc1)N1CCCCC1=O. The molecule has 0 aromatic heterocycles. The van der Waals surface area contributed by atoms with Crippen LogP contribution in [0, 0.1) is 5.92 Å². The van der Waals surface area contributed by atoms with E-state index >= 15 is 0 Å². The highest BCUT2D eigenvalue weighted by Crippen LogP contribution is 2.25. The van der Waals surface area contributed by atoms with Crippen molar-refractivity contribution in [2.45, 2.75) is 32.2 Å². The molecule has 1 fully saturated rings. The van der Waals surface area contributed by atoms with Crippen molar-refractivity contribution < 1.29 is 14.7 Å². The molecule has 1 aromatic rings. The molecule has 120 valence electrons. The predicted molar refractivity (Wildman–Crippen MR) is 84.0 cm³/mol. The number of nitrogens with one attached hydrogen (secondary N) is 1. The van der Waals surface area contributed by atoms with Crippen LogP contribution in [0.1, 0.15) is 37.8 Å². The lowest BCUT2D eigenvalue weighted by atomic mass is 10.00. The second-order valence-electron chi connectivity index (χ2n) is 5.89. The number of carbonyl (C=O) groups is 2. The summed E-state index contributed by atoms with van der Waals surface area (Å²) in [7, 11) is 0. The molecule has 0 bridgehead atoms. The van der Waals surface area contributed by atoms with Gasteiger partial charge in [-0.3, -0.25) is 9.59 Å². The van der Waals surface area contributed by atoms with Gasteiger partial charge >= 0.3 is 0 Å². The molecule has 5 nitrogen and oxygen atoms in total. The lowest BCUT2D eigenvalue weighted by Crippen LogP contribution is -2.46. The number of hydrogen-bond acceptors (Lipinski definition) is 3. The molecule has 2 atom stereocenters. The van der Waals surface area contributed by atoms with Gasteiger partial charge in [0.05, 0.1) is 0 Å². The van der Waals surface area contributed by atoms with E-state index in [1.165, 1.54) is 0 Å². The van der Waals surface area contributed by atoms with E-state index in [1.807, 2.05) is 37.3 Å². The van der Waals surface area contributed by atoms with Gasteiger partial charge < -0.3 is 15.3 Å². The number of likely N-dealkylation sites (tertiary alicyclic amines) is 1. The molecular formula is C17H24N2O3. The van der Waals surface area contributed by atoms with E-state index < -0.39 is 6.04 Å². The standard InChI is InChI=1S/C17H24N2O3/c1-13(12-20)11-18-17(22)16(14-7-3-2-4-8-14)19-10-6-5-9-15(19)21/h2-4,7-8,13,16,20H,5-6,9-12H2,1H3,(H,18,22). The molecule has 1 aliphatic heterocycles. The van der Waals surface area contributed by atoms with Crippen LogP contribution in [-0.2, 0) is 9.59 Å². The van der Waals surface area contributed by atoms with E-state index in [0.29, 0.717) is 19.5 Å². The first-order chi connectivity index (χ1) is 10.6. The van der Waals surface area contributed by atoms with E-state index in [0.717, 1.165) is 18.4 Å². The van der Waals surface area contributed by atoms with Crippen LogP contribution in [0.2, 0.25) is 0 Å². The van der Waals surface area contributed by atoms with Crippen molar-refractivity contribution in [3.63, 3.8) is 0 Å². The summed E-state index contributed by atoms with van der Waals surface area (Å²) in [5, 5.41) is 11.9. The van der Waals surface area contributed by atoms with Crippen molar-refractivity contribution in [2.75, 3.05) is 19.7 Å². The fraction of sp³-hybridized carbons (Fsp3) is 0.529. The monoisotopic (exact) mass is 304 g/mol. The number of nitrogens with zero attached hydrogens (tertiary/aromatic N) is 1. The molecule has 0 aliphatic carbocycles. The number of aliphatic hydroxyl groups is 1. The van der Waals surface area contributed by atoms with Crippen molar-refractivity contribution in [1.82, 2.24) is 10.2 Å². The Morgan fingerprint density at radius 3 is 2.68 bits per heavy atom. The second kappa shape index (κ2) is 7.94. The number of amides is 2. The summed E-state index contributed by atoms with van der Waals surface area (Å²) < 4.78 is 0. The molecule has 22 heavy (non-hydrogen) atoms. The molecule has 2 N–H and O–H groups in total. The Morgan fingerprint density at radius 2 is 2.05 bits per heavy atom. The summed E-state index contributed by atoms with van der Waals surface area (Å²) in [6, 6.07) is 8.81. The molecule has 0 saturated carbocycles. The largest absolute Gasteiger partial charge is 0.396 e. The van der Waals surface area contributed by atoms with Gasteiger partial charge in [-0.25, -0.2) is 0 Å². The number of benzene rings is 1. The summed E-state index contributed by atoms with van der Waals surface area (Å²) in [4.78, 5) is 26.5. The molecular weight excluding hydrogens is 280 g/mol. The average Bonchev–Trinajstić information content (AvgIpc) is 2.55. The zero-order valence-electron chi connectivity index (χ0n) is 13.0. The van der Waals surface area contributed by atoms with Crippen LogP contribution in [0.4, 0.5) is 0 Å². The van der Waals surface area contributed by atoms with E-state index in [9.17, 15) is 9.59 Å². The Morgan fingerprint density at radius 1 is 1.32 bits per heavy atom. The molecule has 1 aromatic carbocycles. The molecule has 2 rings (SSSR count). The lowest BCUT2D eigenvalue weighted by molar-refractivity contribution is -0.142. The molecule has 1 aliphatic rings. The van der Waals surface area contributed by atoms with Gasteiger partial charge in [0.1, 0.15) is 6.04 Å². The Balaban J connectivity index is 2.18. The van der Waals surface area contributed by atoms with Crippen molar-refractivity contribution in [3.8, 4) is 0 Å². The van der Waals surface area contributed by atoms with Gasteiger partial charge in [-0.05, 0) is 24.3 Å². The highest BCUT2D eigenvalue weighted by Gasteiger charge is 2.32. The van der Waals surface area contributed by atoms with Crippen LogP contribution in [0.25, 0.3) is 0 Å². The Labute approximate surface area is 131 Å². The van der Waals surface area contributed by atoms with Crippen LogP contribution < -0.4 is 5.32 Å². The average molecular weight is 304 g/mol. The Kier molecular flexibility index (Phi) is 5.95. The number of rotatable bonds is 6. The minimum Gasteiger partial charge on any atom is -0.396 e. The van der Waals surface area contributed by atoms with Gasteiger partial charge in [0.15, 0.2) is 0 Å². The van der Waals surface area contributed by atoms with Crippen molar-refractivity contribution in [2.24, 2.45) is 5.92 Å². The van der Waals surface area contributed by atoms with Crippen molar-refractivity contribution >= 4 is 11.8 Å². The summed E-state index contributed by atoms with van der Waals surface area (Å²) in [5.41, 5.74) is 0.826. The van der Waals surface area contributed by atoms with Crippen LogP contribution in [0.3, 0.4) is 0 Å². The first-order valence-corrected chi connectivity index (χ1v) is 7.86. The lowest BCUT2D eigenvalue weighted by Gasteiger charge is -2.34. The minimum atomic E-state index is -0.583. The fourth-order valence-electron chi connectivity index (χ4n) is 2.64. The Hall–Kier alpha value is -1.88. The van der Waals surface area contributed by atoms with E-state index in [4.69, 9.17) is 5.11 Å². The summed E-state index contributed by atoms with van der Waals surface area (Å²) in [6.07, 6.45) is 2.32. The zero-order chi connectivity index (χ0) is 15.9. The van der Waals surface area contributed by atoms with Gasteiger partial charge in [-0.2, -0.15) is 0 Å². The highest BCUT2D eigenvalue weighted by atomic mass is 16.3. The van der Waals surface area contributed by atoms with Crippen LogP contribution in [-0.4, -0.2) is 41.5 Å². The van der Waals surface area contributed by atoms with Crippen molar-refractivity contribution in [1.29, 1.82) is 0 Å². The minimum absolute atomic E-state index is 0.00238.